The summed E-state index contributed by atoms with van der Waals surface area (Å²) in [5.74, 6) is 3.10. The highest BCUT2D eigenvalue weighted by molar-refractivity contribution is 5.24. The molecule has 0 radical (unpaired) electrons. The average Bonchev–Trinajstić information content (AvgIpc) is 2.37. The Balaban J connectivity index is 1.52. The molecule has 1 nitrogen and oxygen atoms in total. The van der Waals surface area contributed by atoms with Crippen LogP contribution in [0.1, 0.15) is 62.1 Å². The number of benzene rings is 1. The topological polar surface area (TPSA) is 26.0 Å². The molecule has 4 aliphatic carbocycles. The molecule has 1 atom stereocenters. The molecular weight excluding hydrogens is 242 g/mol. The van der Waals surface area contributed by atoms with E-state index in [2.05, 4.69) is 31.2 Å². The van der Waals surface area contributed by atoms with Gasteiger partial charge in [0.05, 0.1) is 0 Å². The molecule has 0 aromatic heterocycles. The third-order valence-corrected chi connectivity index (χ3v) is 6.32. The first-order chi connectivity index (χ1) is 9.62. The van der Waals surface area contributed by atoms with Crippen molar-refractivity contribution in [1.29, 1.82) is 0 Å². The van der Waals surface area contributed by atoms with Gasteiger partial charge in [-0.2, -0.15) is 0 Å². The van der Waals surface area contributed by atoms with E-state index in [0.29, 0.717) is 5.41 Å². The van der Waals surface area contributed by atoms with Gasteiger partial charge in [-0.3, -0.25) is 0 Å². The summed E-state index contributed by atoms with van der Waals surface area (Å²) in [5, 5.41) is 0. The molecule has 2 N–H and O–H groups in total. The molecule has 20 heavy (non-hydrogen) atoms. The van der Waals surface area contributed by atoms with Crippen molar-refractivity contribution in [2.45, 2.75) is 57.9 Å². The first-order valence-electron chi connectivity index (χ1n) is 8.44. The van der Waals surface area contributed by atoms with Crippen molar-refractivity contribution < 1.29 is 0 Å². The fourth-order valence-corrected chi connectivity index (χ4v) is 5.94. The van der Waals surface area contributed by atoms with Gasteiger partial charge in [-0.15, -0.1) is 0 Å². The maximum atomic E-state index is 6.57. The zero-order valence-corrected chi connectivity index (χ0v) is 12.6. The predicted octanol–water partition coefficient (Wildman–Crippen LogP) is 4.60. The molecule has 108 valence electrons. The van der Waals surface area contributed by atoms with Crippen LogP contribution in [-0.2, 0) is 0 Å². The third-order valence-electron chi connectivity index (χ3n) is 6.32. The van der Waals surface area contributed by atoms with Crippen LogP contribution in [0.5, 0.6) is 0 Å². The van der Waals surface area contributed by atoms with Crippen molar-refractivity contribution in [3.05, 3.63) is 35.4 Å². The number of aryl methyl sites for hydroxylation is 1. The van der Waals surface area contributed by atoms with E-state index in [1.807, 2.05) is 0 Å². The number of hydrogen-bond acceptors (Lipinski definition) is 1. The lowest BCUT2D eigenvalue weighted by Crippen LogP contribution is -2.47. The van der Waals surface area contributed by atoms with Gasteiger partial charge in [-0.25, -0.2) is 0 Å². The SMILES string of the molecule is Cc1ccc(C(N)CC23CC4CC(CC(C4)C2)C3)cc1. The summed E-state index contributed by atoms with van der Waals surface area (Å²) >= 11 is 0. The molecule has 0 heterocycles. The minimum Gasteiger partial charge on any atom is -0.324 e. The normalized spacial score (nSPS) is 40.0. The molecular formula is C19H27N. The Kier molecular flexibility index (Phi) is 2.96. The Hall–Kier alpha value is -0.820. The molecule has 1 heteroatoms. The second kappa shape index (κ2) is 4.59. The van der Waals surface area contributed by atoms with Gasteiger partial charge < -0.3 is 5.73 Å². The average molecular weight is 269 g/mol. The van der Waals surface area contributed by atoms with Crippen LogP contribution in [0, 0.1) is 30.1 Å². The Morgan fingerprint density at radius 2 is 1.50 bits per heavy atom. The fourth-order valence-electron chi connectivity index (χ4n) is 5.94. The molecule has 0 aliphatic heterocycles. The van der Waals surface area contributed by atoms with Crippen LogP contribution in [0.15, 0.2) is 24.3 Å². The lowest BCUT2D eigenvalue weighted by Gasteiger charge is -2.57. The van der Waals surface area contributed by atoms with E-state index < -0.39 is 0 Å². The monoisotopic (exact) mass is 269 g/mol. The summed E-state index contributed by atoms with van der Waals surface area (Å²) in [6.45, 7) is 2.15. The van der Waals surface area contributed by atoms with Gasteiger partial charge in [0.25, 0.3) is 0 Å². The van der Waals surface area contributed by atoms with Crippen molar-refractivity contribution in [3.63, 3.8) is 0 Å². The molecule has 0 saturated heterocycles. The van der Waals surface area contributed by atoms with Crippen molar-refractivity contribution in [1.82, 2.24) is 0 Å². The van der Waals surface area contributed by atoms with E-state index in [1.54, 1.807) is 0 Å². The number of rotatable bonds is 3. The molecule has 0 spiro atoms. The molecule has 1 aromatic carbocycles. The number of hydrogen-bond donors (Lipinski definition) is 1. The van der Waals surface area contributed by atoms with Crippen molar-refractivity contribution in [2.75, 3.05) is 0 Å². The lowest BCUT2D eigenvalue weighted by molar-refractivity contribution is -0.0605. The van der Waals surface area contributed by atoms with E-state index in [-0.39, 0.29) is 6.04 Å². The first kappa shape index (κ1) is 12.9. The standard InChI is InChI=1S/C19H27N/c1-13-2-4-17(5-3-13)18(20)12-19-9-14-6-15(10-19)8-16(7-14)11-19/h2-5,14-16,18H,6-12,20H2,1H3. The molecule has 5 rings (SSSR count). The Morgan fingerprint density at radius 1 is 1.00 bits per heavy atom. The summed E-state index contributed by atoms with van der Waals surface area (Å²) in [5.41, 5.74) is 9.83. The van der Waals surface area contributed by atoms with Gasteiger partial charge in [0.1, 0.15) is 0 Å². The van der Waals surface area contributed by atoms with Crippen molar-refractivity contribution in [3.8, 4) is 0 Å². The maximum absolute atomic E-state index is 6.57. The minimum absolute atomic E-state index is 0.242. The molecule has 4 aliphatic rings. The van der Waals surface area contributed by atoms with Gasteiger partial charge in [0.2, 0.25) is 0 Å². The Labute approximate surface area is 122 Å². The van der Waals surface area contributed by atoms with Crippen LogP contribution < -0.4 is 5.73 Å². The van der Waals surface area contributed by atoms with Crippen LogP contribution >= 0.6 is 0 Å². The fraction of sp³-hybridized carbons (Fsp3) is 0.684. The van der Waals surface area contributed by atoms with Crippen LogP contribution in [0.3, 0.4) is 0 Å². The zero-order chi connectivity index (χ0) is 13.7. The van der Waals surface area contributed by atoms with Gasteiger partial charge in [-0.05, 0) is 80.6 Å². The third kappa shape index (κ3) is 2.20. The molecule has 0 amide bonds. The summed E-state index contributed by atoms with van der Waals surface area (Å²) in [6.07, 6.45) is 10.2. The summed E-state index contributed by atoms with van der Waals surface area (Å²) in [4.78, 5) is 0. The van der Waals surface area contributed by atoms with Crippen LogP contribution in [0.25, 0.3) is 0 Å². The minimum atomic E-state index is 0.242. The van der Waals surface area contributed by atoms with Crippen LogP contribution in [0.4, 0.5) is 0 Å². The highest BCUT2D eigenvalue weighted by Gasteiger charge is 2.51. The molecule has 4 saturated carbocycles. The molecule has 1 unspecified atom stereocenters. The smallest absolute Gasteiger partial charge is 0.0300 e. The number of nitrogens with two attached hydrogens (primary N) is 1. The predicted molar refractivity (Wildman–Crippen MR) is 83.3 cm³/mol. The maximum Gasteiger partial charge on any atom is 0.0300 e. The Bertz CT molecular complexity index is 452. The molecule has 4 bridgehead atoms. The largest absolute Gasteiger partial charge is 0.324 e. The zero-order valence-electron chi connectivity index (χ0n) is 12.6. The summed E-state index contributed by atoms with van der Waals surface area (Å²) in [7, 11) is 0. The van der Waals surface area contributed by atoms with Crippen LogP contribution in [0.2, 0.25) is 0 Å². The Morgan fingerprint density at radius 3 is 2.00 bits per heavy atom. The first-order valence-corrected chi connectivity index (χ1v) is 8.44. The quantitative estimate of drug-likeness (QED) is 0.852. The molecule has 1 aromatic rings. The van der Waals surface area contributed by atoms with E-state index >= 15 is 0 Å². The van der Waals surface area contributed by atoms with E-state index in [4.69, 9.17) is 5.73 Å². The van der Waals surface area contributed by atoms with E-state index in [9.17, 15) is 0 Å². The summed E-state index contributed by atoms with van der Waals surface area (Å²) in [6, 6.07) is 9.12. The highest BCUT2D eigenvalue weighted by atomic mass is 14.7. The second-order valence-electron chi connectivity index (χ2n) is 8.14. The van der Waals surface area contributed by atoms with Crippen LogP contribution in [-0.4, -0.2) is 0 Å². The van der Waals surface area contributed by atoms with Gasteiger partial charge >= 0.3 is 0 Å². The van der Waals surface area contributed by atoms with Crippen molar-refractivity contribution in [2.24, 2.45) is 28.9 Å². The van der Waals surface area contributed by atoms with E-state index in [0.717, 1.165) is 17.8 Å². The summed E-state index contributed by atoms with van der Waals surface area (Å²) < 4.78 is 0. The van der Waals surface area contributed by atoms with Gasteiger partial charge in [-0.1, -0.05) is 29.8 Å². The van der Waals surface area contributed by atoms with Gasteiger partial charge in [0, 0.05) is 6.04 Å². The van der Waals surface area contributed by atoms with Crippen molar-refractivity contribution >= 4 is 0 Å². The van der Waals surface area contributed by atoms with E-state index in [1.165, 1.54) is 56.1 Å². The van der Waals surface area contributed by atoms with Gasteiger partial charge in [0.15, 0.2) is 0 Å². The lowest BCUT2D eigenvalue weighted by atomic mass is 9.48. The molecule has 4 fully saturated rings. The second-order valence-corrected chi connectivity index (χ2v) is 8.14. The highest BCUT2D eigenvalue weighted by Crippen LogP contribution is 2.62.